The Bertz CT molecular complexity index is 1070. The molecule has 2 aliphatic heterocycles. The zero-order valence-electron chi connectivity index (χ0n) is 17.2. The topological polar surface area (TPSA) is 66.9 Å². The summed E-state index contributed by atoms with van der Waals surface area (Å²) in [7, 11) is 0. The normalized spacial score (nSPS) is 15.7. The Labute approximate surface area is 181 Å². The van der Waals surface area contributed by atoms with Crippen molar-refractivity contribution < 1.29 is 14.3 Å². The Hall–Kier alpha value is -3.58. The van der Waals surface area contributed by atoms with Crippen molar-refractivity contribution in [3.05, 3.63) is 78.0 Å². The Morgan fingerprint density at radius 2 is 1.74 bits per heavy atom. The first-order valence-corrected chi connectivity index (χ1v) is 10.4. The SMILES string of the molecule is O=C(Nc1ccccc1)c1ccnc(N2CCN(Cc3ccc4c(c3)OCO4)CC2)c1. The van der Waals surface area contributed by atoms with Gasteiger partial charge in [0.1, 0.15) is 5.82 Å². The quantitative estimate of drug-likeness (QED) is 0.688. The van der Waals surface area contributed by atoms with Crippen LogP contribution in [-0.4, -0.2) is 48.8 Å². The molecule has 0 aliphatic carbocycles. The lowest BCUT2D eigenvalue weighted by Gasteiger charge is -2.35. The number of anilines is 2. The van der Waals surface area contributed by atoms with Crippen molar-refractivity contribution in [1.82, 2.24) is 9.88 Å². The number of nitrogens with zero attached hydrogens (tertiary/aromatic N) is 3. The van der Waals surface area contributed by atoms with E-state index >= 15 is 0 Å². The van der Waals surface area contributed by atoms with Crippen molar-refractivity contribution in [2.45, 2.75) is 6.54 Å². The molecule has 1 N–H and O–H groups in total. The number of amides is 1. The summed E-state index contributed by atoms with van der Waals surface area (Å²) in [5.74, 6) is 2.35. The number of carbonyl (C=O) groups excluding carboxylic acids is 1. The smallest absolute Gasteiger partial charge is 0.255 e. The highest BCUT2D eigenvalue weighted by molar-refractivity contribution is 6.04. The number of para-hydroxylation sites is 1. The van der Waals surface area contributed by atoms with E-state index in [0.29, 0.717) is 12.4 Å². The molecule has 0 atom stereocenters. The molecule has 2 aromatic carbocycles. The summed E-state index contributed by atoms with van der Waals surface area (Å²) < 4.78 is 10.9. The van der Waals surface area contributed by atoms with Gasteiger partial charge in [0.05, 0.1) is 0 Å². The fraction of sp³-hybridized carbons (Fsp3) is 0.250. The van der Waals surface area contributed by atoms with E-state index in [1.165, 1.54) is 5.56 Å². The molecule has 5 rings (SSSR count). The predicted octanol–water partition coefficient (Wildman–Crippen LogP) is 3.38. The number of piperazine rings is 1. The second-order valence-corrected chi connectivity index (χ2v) is 7.67. The molecular weight excluding hydrogens is 392 g/mol. The number of carbonyl (C=O) groups is 1. The van der Waals surface area contributed by atoms with Crippen molar-refractivity contribution in [1.29, 1.82) is 0 Å². The number of pyridine rings is 1. The van der Waals surface area contributed by atoms with Crippen molar-refractivity contribution in [3.8, 4) is 11.5 Å². The van der Waals surface area contributed by atoms with Crippen LogP contribution in [0.2, 0.25) is 0 Å². The summed E-state index contributed by atoms with van der Waals surface area (Å²) in [6.45, 7) is 4.75. The highest BCUT2D eigenvalue weighted by atomic mass is 16.7. The van der Waals surface area contributed by atoms with Gasteiger partial charge in [0, 0.05) is 50.2 Å². The van der Waals surface area contributed by atoms with Crippen molar-refractivity contribution >= 4 is 17.4 Å². The van der Waals surface area contributed by atoms with E-state index in [0.717, 1.165) is 55.7 Å². The third-order valence-corrected chi connectivity index (χ3v) is 5.58. The van der Waals surface area contributed by atoms with Gasteiger partial charge in [-0.1, -0.05) is 24.3 Å². The number of hydrogen-bond acceptors (Lipinski definition) is 6. The van der Waals surface area contributed by atoms with Crippen LogP contribution in [0.15, 0.2) is 66.9 Å². The van der Waals surface area contributed by atoms with Gasteiger partial charge in [0.15, 0.2) is 11.5 Å². The Morgan fingerprint density at radius 3 is 2.58 bits per heavy atom. The highest BCUT2D eigenvalue weighted by Crippen LogP contribution is 2.33. The van der Waals surface area contributed by atoms with E-state index in [1.807, 2.05) is 42.5 Å². The summed E-state index contributed by atoms with van der Waals surface area (Å²) in [4.78, 5) is 21.7. The van der Waals surface area contributed by atoms with Crippen LogP contribution >= 0.6 is 0 Å². The minimum Gasteiger partial charge on any atom is -0.454 e. The van der Waals surface area contributed by atoms with Gasteiger partial charge in [0.25, 0.3) is 5.91 Å². The van der Waals surface area contributed by atoms with Gasteiger partial charge >= 0.3 is 0 Å². The molecule has 0 bridgehead atoms. The van der Waals surface area contributed by atoms with E-state index in [1.54, 1.807) is 12.3 Å². The van der Waals surface area contributed by atoms with Gasteiger partial charge in [-0.25, -0.2) is 4.98 Å². The Balaban J connectivity index is 1.19. The second kappa shape index (κ2) is 8.65. The molecule has 0 unspecified atom stereocenters. The first kappa shape index (κ1) is 19.4. The number of benzene rings is 2. The first-order valence-electron chi connectivity index (χ1n) is 10.4. The van der Waals surface area contributed by atoms with Crippen LogP contribution in [0.4, 0.5) is 11.5 Å². The first-order chi connectivity index (χ1) is 15.2. The molecule has 1 fully saturated rings. The number of nitrogens with one attached hydrogen (secondary N) is 1. The van der Waals surface area contributed by atoms with Crippen molar-refractivity contribution in [2.24, 2.45) is 0 Å². The summed E-state index contributed by atoms with van der Waals surface area (Å²) in [6.07, 6.45) is 1.70. The van der Waals surface area contributed by atoms with Crippen LogP contribution in [0, 0.1) is 0 Å². The maximum absolute atomic E-state index is 12.6. The minimum atomic E-state index is -0.128. The minimum absolute atomic E-state index is 0.128. The molecule has 3 heterocycles. The lowest BCUT2D eigenvalue weighted by Crippen LogP contribution is -2.46. The molecule has 158 valence electrons. The maximum Gasteiger partial charge on any atom is 0.255 e. The lowest BCUT2D eigenvalue weighted by molar-refractivity contribution is 0.102. The summed E-state index contributed by atoms with van der Waals surface area (Å²) >= 11 is 0. The number of fused-ring (bicyclic) bond motifs is 1. The van der Waals surface area contributed by atoms with E-state index in [2.05, 4.69) is 32.2 Å². The third kappa shape index (κ3) is 4.46. The molecule has 0 saturated carbocycles. The van der Waals surface area contributed by atoms with Gasteiger partial charge < -0.3 is 19.7 Å². The summed E-state index contributed by atoms with van der Waals surface area (Å²) in [5.41, 5.74) is 2.61. The number of aromatic nitrogens is 1. The molecule has 7 heteroatoms. The fourth-order valence-electron chi connectivity index (χ4n) is 3.89. The molecule has 1 aromatic heterocycles. The van der Waals surface area contributed by atoms with Crippen LogP contribution in [0.3, 0.4) is 0 Å². The molecule has 0 spiro atoms. The van der Waals surface area contributed by atoms with Gasteiger partial charge in [-0.2, -0.15) is 0 Å². The highest BCUT2D eigenvalue weighted by Gasteiger charge is 2.20. The number of ether oxygens (including phenoxy) is 2. The van der Waals surface area contributed by atoms with Gasteiger partial charge in [0.2, 0.25) is 6.79 Å². The molecule has 7 nitrogen and oxygen atoms in total. The van der Waals surface area contributed by atoms with Gasteiger partial charge in [-0.3, -0.25) is 9.69 Å². The van der Waals surface area contributed by atoms with Crippen LogP contribution in [-0.2, 0) is 6.54 Å². The van der Waals surface area contributed by atoms with E-state index in [4.69, 9.17) is 9.47 Å². The number of hydrogen-bond donors (Lipinski definition) is 1. The van der Waals surface area contributed by atoms with Crippen LogP contribution in [0.5, 0.6) is 11.5 Å². The fourth-order valence-corrected chi connectivity index (χ4v) is 3.89. The summed E-state index contributed by atoms with van der Waals surface area (Å²) in [5, 5.41) is 2.93. The molecule has 3 aromatic rings. The van der Waals surface area contributed by atoms with Crippen molar-refractivity contribution in [2.75, 3.05) is 43.2 Å². The summed E-state index contributed by atoms with van der Waals surface area (Å²) in [6, 6.07) is 19.2. The second-order valence-electron chi connectivity index (χ2n) is 7.67. The largest absolute Gasteiger partial charge is 0.454 e. The molecule has 1 saturated heterocycles. The van der Waals surface area contributed by atoms with Crippen molar-refractivity contribution in [3.63, 3.8) is 0 Å². The van der Waals surface area contributed by atoms with E-state index in [-0.39, 0.29) is 5.91 Å². The number of rotatable bonds is 5. The zero-order chi connectivity index (χ0) is 21.0. The van der Waals surface area contributed by atoms with Crippen LogP contribution < -0.4 is 19.7 Å². The monoisotopic (exact) mass is 416 g/mol. The molecule has 0 radical (unpaired) electrons. The Kier molecular flexibility index (Phi) is 5.41. The zero-order valence-corrected chi connectivity index (χ0v) is 17.2. The third-order valence-electron chi connectivity index (χ3n) is 5.58. The average Bonchev–Trinajstić information content (AvgIpc) is 3.28. The molecule has 2 aliphatic rings. The molecule has 31 heavy (non-hydrogen) atoms. The Morgan fingerprint density at radius 1 is 0.935 bits per heavy atom. The van der Waals surface area contributed by atoms with Gasteiger partial charge in [-0.15, -0.1) is 0 Å². The predicted molar refractivity (Wildman–Crippen MR) is 119 cm³/mol. The van der Waals surface area contributed by atoms with Crippen LogP contribution in [0.1, 0.15) is 15.9 Å². The van der Waals surface area contributed by atoms with Gasteiger partial charge in [-0.05, 0) is 42.0 Å². The molecular formula is C24H24N4O3. The van der Waals surface area contributed by atoms with Crippen LogP contribution in [0.25, 0.3) is 0 Å². The lowest BCUT2D eigenvalue weighted by atomic mass is 10.1. The maximum atomic E-state index is 12.6. The molecule has 1 amide bonds. The van der Waals surface area contributed by atoms with E-state index in [9.17, 15) is 4.79 Å². The average molecular weight is 416 g/mol. The van der Waals surface area contributed by atoms with E-state index < -0.39 is 0 Å². The standard InChI is InChI=1S/C24H24N4O3/c29-24(26-20-4-2-1-3-5-20)19-8-9-25-23(15-19)28-12-10-27(11-13-28)16-18-6-7-21-22(14-18)31-17-30-21/h1-9,14-15H,10-13,16-17H2,(H,26,29).